The highest BCUT2D eigenvalue weighted by Crippen LogP contribution is 2.15. The number of amides is 1. The van der Waals surface area contributed by atoms with Crippen LogP contribution in [0.5, 0.6) is 0 Å². The highest BCUT2D eigenvalue weighted by molar-refractivity contribution is 5.71. The van der Waals surface area contributed by atoms with Crippen LogP contribution in [0.15, 0.2) is 18.7 Å². The monoisotopic (exact) mass is 369 g/mol. The summed E-state index contributed by atoms with van der Waals surface area (Å²) < 4.78 is 16.4. The topological polar surface area (TPSA) is 100.0 Å². The molecule has 9 nitrogen and oxygen atoms in total. The third-order valence-electron chi connectivity index (χ3n) is 3.49. The van der Waals surface area contributed by atoms with Crippen molar-refractivity contribution in [3.63, 3.8) is 0 Å². The summed E-state index contributed by atoms with van der Waals surface area (Å²) in [6.07, 6.45) is 4.26. The number of imidazole rings is 1. The SMILES string of the molecule is COC(=O)CCCC(COC(=O)n1ccnc1)N(C)C(=O)OC(C)(C)C. The van der Waals surface area contributed by atoms with Crippen molar-refractivity contribution < 1.29 is 28.6 Å². The molecule has 0 N–H and O–H groups in total. The molecule has 0 aliphatic rings. The van der Waals surface area contributed by atoms with Gasteiger partial charge in [0.2, 0.25) is 0 Å². The van der Waals surface area contributed by atoms with E-state index >= 15 is 0 Å². The summed E-state index contributed by atoms with van der Waals surface area (Å²) in [6, 6.07) is -0.443. The number of carbonyl (C=O) groups is 3. The minimum absolute atomic E-state index is 0.0338. The maximum absolute atomic E-state index is 12.3. The molecule has 0 aliphatic heterocycles. The van der Waals surface area contributed by atoms with Gasteiger partial charge >= 0.3 is 18.2 Å². The van der Waals surface area contributed by atoms with Gasteiger partial charge in [0.25, 0.3) is 0 Å². The molecule has 1 rings (SSSR count). The summed E-state index contributed by atoms with van der Waals surface area (Å²) in [5.74, 6) is -0.334. The van der Waals surface area contributed by atoms with Crippen LogP contribution in [0.3, 0.4) is 0 Å². The minimum Gasteiger partial charge on any atom is -0.469 e. The van der Waals surface area contributed by atoms with Crippen LogP contribution in [0.2, 0.25) is 0 Å². The molecule has 1 heterocycles. The Hall–Kier alpha value is -2.58. The maximum atomic E-state index is 12.3. The number of ether oxygens (including phenoxy) is 3. The third-order valence-corrected chi connectivity index (χ3v) is 3.49. The third kappa shape index (κ3) is 7.54. The highest BCUT2D eigenvalue weighted by atomic mass is 16.6. The quantitative estimate of drug-likeness (QED) is 0.537. The van der Waals surface area contributed by atoms with E-state index in [1.807, 2.05) is 0 Å². The number of rotatable bonds is 7. The Morgan fingerprint density at radius 3 is 2.50 bits per heavy atom. The zero-order valence-electron chi connectivity index (χ0n) is 15.9. The Labute approximate surface area is 153 Å². The van der Waals surface area contributed by atoms with Crippen molar-refractivity contribution in [1.82, 2.24) is 14.5 Å². The fourth-order valence-corrected chi connectivity index (χ4v) is 2.07. The summed E-state index contributed by atoms with van der Waals surface area (Å²) in [5, 5.41) is 0. The van der Waals surface area contributed by atoms with Crippen molar-refractivity contribution in [3.8, 4) is 0 Å². The van der Waals surface area contributed by atoms with Crippen LogP contribution in [0, 0.1) is 0 Å². The van der Waals surface area contributed by atoms with E-state index in [1.54, 1.807) is 27.8 Å². The zero-order valence-corrected chi connectivity index (χ0v) is 15.9. The van der Waals surface area contributed by atoms with Gasteiger partial charge in [0.15, 0.2) is 0 Å². The first-order valence-electron chi connectivity index (χ1n) is 8.31. The second-order valence-corrected chi connectivity index (χ2v) is 6.76. The molecule has 0 spiro atoms. The lowest BCUT2D eigenvalue weighted by Gasteiger charge is -2.30. The largest absolute Gasteiger partial charge is 0.469 e. The number of hydrogen-bond acceptors (Lipinski definition) is 7. The highest BCUT2D eigenvalue weighted by Gasteiger charge is 2.26. The second kappa shape index (κ2) is 9.79. The number of likely N-dealkylation sites (N-methyl/N-ethyl adjacent to an activating group) is 1. The van der Waals surface area contributed by atoms with Crippen LogP contribution in [0.4, 0.5) is 9.59 Å². The van der Waals surface area contributed by atoms with Crippen LogP contribution < -0.4 is 0 Å². The van der Waals surface area contributed by atoms with Gasteiger partial charge in [-0.05, 0) is 33.6 Å². The lowest BCUT2D eigenvalue weighted by molar-refractivity contribution is -0.140. The first kappa shape index (κ1) is 21.5. The molecule has 0 aromatic carbocycles. The van der Waals surface area contributed by atoms with Gasteiger partial charge < -0.3 is 19.1 Å². The normalized spacial score (nSPS) is 12.2. The average molecular weight is 369 g/mol. The molecule has 0 saturated heterocycles. The van der Waals surface area contributed by atoms with Crippen molar-refractivity contribution in [2.75, 3.05) is 20.8 Å². The van der Waals surface area contributed by atoms with E-state index in [-0.39, 0.29) is 19.0 Å². The number of aromatic nitrogens is 2. The van der Waals surface area contributed by atoms with Gasteiger partial charge in [-0.3, -0.25) is 4.79 Å². The molecule has 9 heteroatoms. The predicted octanol–water partition coefficient (Wildman–Crippen LogP) is 2.45. The molecule has 26 heavy (non-hydrogen) atoms. The van der Waals surface area contributed by atoms with E-state index < -0.39 is 23.8 Å². The molecule has 0 saturated carbocycles. The fraction of sp³-hybridized carbons (Fsp3) is 0.647. The van der Waals surface area contributed by atoms with Crippen LogP contribution in [0.1, 0.15) is 40.0 Å². The van der Waals surface area contributed by atoms with Gasteiger partial charge in [-0.15, -0.1) is 0 Å². The Balaban J connectivity index is 2.68. The van der Waals surface area contributed by atoms with Crippen LogP contribution in [-0.4, -0.2) is 65.0 Å². The van der Waals surface area contributed by atoms with E-state index in [0.717, 1.165) is 0 Å². The first-order valence-corrected chi connectivity index (χ1v) is 8.31. The van der Waals surface area contributed by atoms with E-state index in [0.29, 0.717) is 12.8 Å². The molecule has 0 radical (unpaired) electrons. The maximum Gasteiger partial charge on any atom is 0.419 e. The molecule has 146 valence electrons. The van der Waals surface area contributed by atoms with Crippen molar-refractivity contribution >= 4 is 18.2 Å². The van der Waals surface area contributed by atoms with Crippen LogP contribution in [-0.2, 0) is 19.0 Å². The summed E-state index contributed by atoms with van der Waals surface area (Å²) in [4.78, 5) is 40.7. The van der Waals surface area contributed by atoms with Crippen molar-refractivity contribution in [2.45, 2.75) is 51.7 Å². The number of hydrogen-bond donors (Lipinski definition) is 0. The van der Waals surface area contributed by atoms with Gasteiger partial charge in [-0.2, -0.15) is 0 Å². The van der Waals surface area contributed by atoms with E-state index in [4.69, 9.17) is 9.47 Å². The molecule has 1 aromatic heterocycles. The fourth-order valence-electron chi connectivity index (χ4n) is 2.07. The molecular formula is C17H27N3O6. The minimum atomic E-state index is -0.643. The molecule has 1 amide bonds. The van der Waals surface area contributed by atoms with E-state index in [9.17, 15) is 14.4 Å². The summed E-state index contributed by atoms with van der Waals surface area (Å²) in [7, 11) is 2.89. The van der Waals surface area contributed by atoms with E-state index in [2.05, 4.69) is 9.72 Å². The van der Waals surface area contributed by atoms with Crippen molar-refractivity contribution in [2.24, 2.45) is 0 Å². The Morgan fingerprint density at radius 2 is 1.96 bits per heavy atom. The number of nitrogens with zero attached hydrogens (tertiary/aromatic N) is 3. The Kier molecular flexibility index (Phi) is 8.08. The van der Waals surface area contributed by atoms with E-state index in [1.165, 1.54) is 35.3 Å². The molecule has 0 fully saturated rings. The van der Waals surface area contributed by atoms with Gasteiger partial charge in [0, 0.05) is 25.9 Å². The average Bonchev–Trinajstić information content (AvgIpc) is 3.09. The molecule has 1 aromatic rings. The molecular weight excluding hydrogens is 342 g/mol. The van der Waals surface area contributed by atoms with Crippen molar-refractivity contribution in [3.05, 3.63) is 18.7 Å². The number of methoxy groups -OCH3 is 1. The molecule has 0 aliphatic carbocycles. The van der Waals surface area contributed by atoms with Gasteiger partial charge in [0.05, 0.1) is 13.2 Å². The van der Waals surface area contributed by atoms with Gasteiger partial charge in [0.1, 0.15) is 18.5 Å². The zero-order chi connectivity index (χ0) is 19.7. The number of carbonyl (C=O) groups excluding carboxylic acids is 3. The lowest BCUT2D eigenvalue weighted by Crippen LogP contribution is -2.43. The van der Waals surface area contributed by atoms with Crippen LogP contribution in [0.25, 0.3) is 0 Å². The lowest BCUT2D eigenvalue weighted by atomic mass is 10.1. The molecule has 0 bridgehead atoms. The Morgan fingerprint density at radius 1 is 1.27 bits per heavy atom. The Bertz CT molecular complexity index is 594. The molecule has 1 unspecified atom stereocenters. The summed E-state index contributed by atoms with van der Waals surface area (Å²) >= 11 is 0. The van der Waals surface area contributed by atoms with Gasteiger partial charge in [-0.25, -0.2) is 19.1 Å². The van der Waals surface area contributed by atoms with Crippen molar-refractivity contribution in [1.29, 1.82) is 0 Å². The first-order chi connectivity index (χ1) is 12.1. The standard InChI is InChI=1S/C17H27N3O6/c1-17(2,3)26-15(22)19(4)13(7-6-8-14(21)24-5)11-25-16(23)20-10-9-18-12-20/h9-10,12-13H,6-8,11H2,1-5H3. The smallest absolute Gasteiger partial charge is 0.419 e. The second-order valence-electron chi connectivity index (χ2n) is 6.76. The summed E-state index contributed by atoms with van der Waals surface area (Å²) in [5.41, 5.74) is -0.643. The number of esters is 1. The summed E-state index contributed by atoms with van der Waals surface area (Å²) in [6.45, 7) is 5.27. The van der Waals surface area contributed by atoms with Crippen LogP contribution >= 0.6 is 0 Å². The van der Waals surface area contributed by atoms with Gasteiger partial charge in [-0.1, -0.05) is 0 Å². The molecule has 1 atom stereocenters. The predicted molar refractivity (Wildman–Crippen MR) is 92.6 cm³/mol.